The van der Waals surface area contributed by atoms with Crippen LogP contribution >= 0.6 is 0 Å². The lowest BCUT2D eigenvalue weighted by Crippen LogP contribution is -2.49. The molecule has 10 nitrogen and oxygen atoms in total. The maximum Gasteiger partial charge on any atom is 0.317 e. The summed E-state index contributed by atoms with van der Waals surface area (Å²) in [7, 11) is 1.75. The fourth-order valence-electron chi connectivity index (χ4n) is 5.78. The van der Waals surface area contributed by atoms with Gasteiger partial charge in [0.1, 0.15) is 5.75 Å². The molecule has 242 valence electrons. The maximum atomic E-state index is 14.3. The van der Waals surface area contributed by atoms with Gasteiger partial charge >= 0.3 is 6.03 Å². The van der Waals surface area contributed by atoms with Gasteiger partial charge in [0.2, 0.25) is 5.91 Å². The van der Waals surface area contributed by atoms with Gasteiger partial charge in [-0.05, 0) is 78.0 Å². The molecule has 0 unspecified atom stereocenters. The van der Waals surface area contributed by atoms with E-state index in [1.807, 2.05) is 34.6 Å². The number of anilines is 1. The van der Waals surface area contributed by atoms with Crippen molar-refractivity contribution in [2.24, 2.45) is 11.8 Å². The molecule has 43 heavy (non-hydrogen) atoms. The first-order chi connectivity index (χ1) is 20.5. The largest absolute Gasteiger partial charge is 0.490 e. The van der Waals surface area contributed by atoms with Gasteiger partial charge in [0, 0.05) is 50.3 Å². The summed E-state index contributed by atoms with van der Waals surface area (Å²) in [5, 5.41) is 16.1. The van der Waals surface area contributed by atoms with Crippen LogP contribution in [0.3, 0.4) is 0 Å². The van der Waals surface area contributed by atoms with Gasteiger partial charge in [0.15, 0.2) is 0 Å². The van der Waals surface area contributed by atoms with E-state index >= 15 is 0 Å². The number of nitrogens with one attached hydrogen (secondary N) is 2. The van der Waals surface area contributed by atoms with Crippen molar-refractivity contribution in [1.29, 1.82) is 0 Å². The Morgan fingerprint density at radius 2 is 1.77 bits per heavy atom. The molecule has 2 aliphatic rings. The van der Waals surface area contributed by atoms with E-state index in [9.17, 15) is 19.5 Å². The van der Waals surface area contributed by atoms with Gasteiger partial charge in [-0.2, -0.15) is 0 Å². The number of hydrogen-bond donors (Lipinski definition) is 3. The van der Waals surface area contributed by atoms with Crippen LogP contribution in [0.1, 0.15) is 96.3 Å². The molecule has 1 aliphatic heterocycles. The van der Waals surface area contributed by atoms with Crippen molar-refractivity contribution >= 4 is 23.5 Å². The SMILES string of the molecule is CC(C)NC(=O)N(C)C[C@H]1OCCCC[C@H](C)Oc2ccc(NC(=O)C3CCCCC3)cc2C(=O)N([C@H](C)CO)C[C@@H]1C. The second-order valence-electron chi connectivity index (χ2n) is 12.8. The molecule has 1 aliphatic carbocycles. The Balaban J connectivity index is 1.91. The van der Waals surface area contributed by atoms with Crippen LogP contribution in [0.4, 0.5) is 10.5 Å². The first-order valence-corrected chi connectivity index (χ1v) is 16.2. The minimum Gasteiger partial charge on any atom is -0.490 e. The first kappa shape index (κ1) is 34.6. The molecule has 0 saturated heterocycles. The number of ether oxygens (including phenoxy) is 2. The molecular weight excluding hydrogens is 548 g/mol. The molecule has 0 aromatic heterocycles. The van der Waals surface area contributed by atoms with Gasteiger partial charge in [-0.1, -0.05) is 26.2 Å². The van der Waals surface area contributed by atoms with E-state index in [4.69, 9.17) is 9.47 Å². The third-order valence-electron chi connectivity index (χ3n) is 8.51. The maximum absolute atomic E-state index is 14.3. The highest BCUT2D eigenvalue weighted by atomic mass is 16.5. The van der Waals surface area contributed by atoms with E-state index in [2.05, 4.69) is 10.6 Å². The van der Waals surface area contributed by atoms with E-state index in [1.54, 1.807) is 35.0 Å². The minimum atomic E-state index is -0.476. The Bertz CT molecular complexity index is 1060. The first-order valence-electron chi connectivity index (χ1n) is 16.2. The number of rotatable bonds is 7. The number of amides is 4. The van der Waals surface area contributed by atoms with Crippen LogP contribution in [0, 0.1) is 11.8 Å². The van der Waals surface area contributed by atoms with Gasteiger partial charge in [-0.25, -0.2) is 4.79 Å². The normalized spacial score (nSPS) is 23.5. The van der Waals surface area contributed by atoms with Crippen LogP contribution in [-0.4, -0.2) is 90.4 Å². The van der Waals surface area contributed by atoms with Crippen LogP contribution in [0.2, 0.25) is 0 Å². The lowest BCUT2D eigenvalue weighted by atomic mass is 9.88. The van der Waals surface area contributed by atoms with Crippen molar-refractivity contribution < 1.29 is 29.0 Å². The van der Waals surface area contributed by atoms with E-state index in [0.29, 0.717) is 36.7 Å². The number of nitrogens with zero attached hydrogens (tertiary/aromatic N) is 2. The molecule has 10 heteroatoms. The lowest BCUT2D eigenvalue weighted by Gasteiger charge is -2.36. The monoisotopic (exact) mass is 602 g/mol. The molecule has 4 amide bonds. The highest BCUT2D eigenvalue weighted by Gasteiger charge is 2.31. The summed E-state index contributed by atoms with van der Waals surface area (Å²) in [5.74, 6) is 0.00518. The predicted octanol–water partition coefficient (Wildman–Crippen LogP) is 5.05. The Morgan fingerprint density at radius 3 is 2.44 bits per heavy atom. The summed E-state index contributed by atoms with van der Waals surface area (Å²) in [6.45, 7) is 10.6. The predicted molar refractivity (Wildman–Crippen MR) is 168 cm³/mol. The topological polar surface area (TPSA) is 120 Å². The average Bonchev–Trinajstić information content (AvgIpc) is 2.98. The number of aliphatic hydroxyl groups is 1. The van der Waals surface area contributed by atoms with Crippen molar-refractivity contribution in [3.63, 3.8) is 0 Å². The fourth-order valence-corrected chi connectivity index (χ4v) is 5.78. The van der Waals surface area contributed by atoms with E-state index in [-0.39, 0.29) is 54.5 Å². The summed E-state index contributed by atoms with van der Waals surface area (Å²) in [6.07, 6.45) is 7.10. The molecule has 1 saturated carbocycles. The highest BCUT2D eigenvalue weighted by Crippen LogP contribution is 2.30. The molecule has 4 atom stereocenters. The Hall–Kier alpha value is -2.85. The summed E-state index contributed by atoms with van der Waals surface area (Å²) < 4.78 is 12.6. The van der Waals surface area contributed by atoms with Crippen LogP contribution in [0.5, 0.6) is 5.75 Å². The number of hydrogen-bond acceptors (Lipinski definition) is 6. The zero-order chi connectivity index (χ0) is 31.5. The number of urea groups is 1. The molecule has 3 N–H and O–H groups in total. The highest BCUT2D eigenvalue weighted by molar-refractivity contribution is 6.00. The number of likely N-dealkylation sites (N-methyl/N-ethyl adjacent to an activating group) is 1. The van der Waals surface area contributed by atoms with Crippen LogP contribution in [0.25, 0.3) is 0 Å². The van der Waals surface area contributed by atoms with Crippen LogP contribution < -0.4 is 15.4 Å². The summed E-state index contributed by atoms with van der Waals surface area (Å²) in [5.41, 5.74) is 0.910. The van der Waals surface area contributed by atoms with Crippen LogP contribution in [0.15, 0.2) is 18.2 Å². The number of aliphatic hydroxyl groups excluding tert-OH is 1. The summed E-state index contributed by atoms with van der Waals surface area (Å²) >= 11 is 0. The zero-order valence-corrected chi connectivity index (χ0v) is 27.1. The fraction of sp³-hybridized carbons (Fsp3) is 0.727. The molecule has 1 fully saturated rings. The Morgan fingerprint density at radius 1 is 1.07 bits per heavy atom. The lowest BCUT2D eigenvalue weighted by molar-refractivity contribution is -0.120. The third kappa shape index (κ3) is 10.4. The summed E-state index contributed by atoms with van der Waals surface area (Å²) in [6, 6.07) is 4.63. The Kier molecular flexibility index (Phi) is 13.6. The Labute approximate surface area is 257 Å². The van der Waals surface area contributed by atoms with Crippen molar-refractivity contribution in [2.45, 2.75) is 110 Å². The van der Waals surface area contributed by atoms with Gasteiger partial charge in [0.05, 0.1) is 30.4 Å². The zero-order valence-electron chi connectivity index (χ0n) is 27.1. The smallest absolute Gasteiger partial charge is 0.317 e. The van der Waals surface area contributed by atoms with Gasteiger partial charge < -0.3 is 35.0 Å². The summed E-state index contributed by atoms with van der Waals surface area (Å²) in [4.78, 5) is 43.2. The van der Waals surface area contributed by atoms with Gasteiger partial charge in [-0.3, -0.25) is 9.59 Å². The second kappa shape index (κ2) is 16.9. The molecule has 0 spiro atoms. The van der Waals surface area contributed by atoms with Crippen molar-refractivity contribution in [3.05, 3.63) is 23.8 Å². The molecule has 1 heterocycles. The number of carbonyl (C=O) groups is 3. The quantitative estimate of drug-likeness (QED) is 0.402. The molecule has 1 aromatic rings. The van der Waals surface area contributed by atoms with E-state index in [0.717, 1.165) is 51.4 Å². The van der Waals surface area contributed by atoms with Crippen LogP contribution in [-0.2, 0) is 9.53 Å². The molecule has 0 bridgehead atoms. The molecule has 0 radical (unpaired) electrons. The number of carbonyl (C=O) groups excluding carboxylic acids is 3. The van der Waals surface area contributed by atoms with Crippen molar-refractivity contribution in [1.82, 2.24) is 15.1 Å². The van der Waals surface area contributed by atoms with Crippen molar-refractivity contribution in [2.75, 3.05) is 38.7 Å². The van der Waals surface area contributed by atoms with Crippen molar-refractivity contribution in [3.8, 4) is 5.75 Å². The van der Waals surface area contributed by atoms with E-state index in [1.165, 1.54) is 0 Å². The standard InChI is InChI=1S/C33H54N4O6/c1-22(2)34-33(41)36(6)20-30-23(3)19-37(24(4)21-38)32(40)28-18-27(35-31(39)26-13-8-7-9-14-26)15-16-29(28)43-25(5)12-10-11-17-42-30/h15-16,18,22-26,30,38H,7-14,17,19-21H2,1-6H3,(H,34,41)(H,35,39)/t23-,24+,25-,30+/m0/s1. The minimum absolute atomic E-state index is 0.0115. The molecular formula is C33H54N4O6. The average molecular weight is 603 g/mol. The van der Waals surface area contributed by atoms with E-state index < -0.39 is 6.04 Å². The molecule has 3 rings (SSSR count). The van der Waals surface area contributed by atoms with Gasteiger partial charge in [0.25, 0.3) is 5.91 Å². The molecule has 1 aromatic carbocycles. The number of benzene rings is 1. The number of fused-ring (bicyclic) bond motifs is 1. The second-order valence-corrected chi connectivity index (χ2v) is 12.8. The van der Waals surface area contributed by atoms with Gasteiger partial charge in [-0.15, -0.1) is 0 Å². The third-order valence-corrected chi connectivity index (χ3v) is 8.51.